The molecule has 0 spiro atoms. The van der Waals surface area contributed by atoms with Crippen molar-refractivity contribution in [1.29, 1.82) is 0 Å². The Bertz CT molecular complexity index is 1130. The van der Waals surface area contributed by atoms with Crippen LogP contribution in [0.1, 0.15) is 28.8 Å². The van der Waals surface area contributed by atoms with E-state index >= 15 is 0 Å². The van der Waals surface area contributed by atoms with Crippen molar-refractivity contribution >= 4 is 27.7 Å². The molecule has 0 saturated carbocycles. The van der Waals surface area contributed by atoms with E-state index in [9.17, 15) is 22.8 Å². The number of rotatable bonds is 10. The van der Waals surface area contributed by atoms with Gasteiger partial charge in [-0.2, -0.15) is 0 Å². The van der Waals surface area contributed by atoms with Crippen molar-refractivity contribution in [3.8, 4) is 11.5 Å². The number of hydrogen-bond donors (Lipinski definition) is 2. The fraction of sp³-hybridized carbons (Fsp3) is 0.318. The number of primary sulfonamides is 1. The first-order valence-corrected chi connectivity index (χ1v) is 11.7. The Hall–Kier alpha value is -3.44. The predicted octanol–water partition coefficient (Wildman–Crippen LogP) is 0.970. The lowest BCUT2D eigenvalue weighted by atomic mass is 10.1. The second kappa shape index (κ2) is 10.9. The number of ketones is 1. The Morgan fingerprint density at radius 2 is 1.67 bits per heavy atom. The van der Waals surface area contributed by atoms with Crippen molar-refractivity contribution in [1.82, 2.24) is 5.32 Å². The van der Waals surface area contributed by atoms with Gasteiger partial charge in [-0.05, 0) is 42.3 Å². The van der Waals surface area contributed by atoms with Gasteiger partial charge in [0.05, 0.1) is 11.3 Å². The SMILES string of the molecule is NS(=O)(=O)c1ccc(CCNC(=O)COC(=O)CCC(=O)c2ccc3c(c2)OCCO3)cc1. The Balaban J connectivity index is 1.34. The van der Waals surface area contributed by atoms with Crippen LogP contribution in [0.5, 0.6) is 11.5 Å². The first-order chi connectivity index (χ1) is 15.7. The van der Waals surface area contributed by atoms with E-state index in [1.807, 2.05) is 0 Å². The van der Waals surface area contributed by atoms with Crippen LogP contribution in [0.3, 0.4) is 0 Å². The van der Waals surface area contributed by atoms with Gasteiger partial charge >= 0.3 is 5.97 Å². The van der Waals surface area contributed by atoms with Gasteiger partial charge in [-0.1, -0.05) is 12.1 Å². The van der Waals surface area contributed by atoms with Gasteiger partial charge < -0.3 is 19.5 Å². The molecule has 0 saturated heterocycles. The summed E-state index contributed by atoms with van der Waals surface area (Å²) < 4.78 is 38.2. The maximum Gasteiger partial charge on any atom is 0.306 e. The van der Waals surface area contributed by atoms with Crippen LogP contribution < -0.4 is 19.9 Å². The van der Waals surface area contributed by atoms with Crippen LogP contribution in [0.2, 0.25) is 0 Å². The highest BCUT2D eigenvalue weighted by Gasteiger charge is 2.16. The van der Waals surface area contributed by atoms with E-state index in [0.29, 0.717) is 36.7 Å². The number of carbonyl (C=O) groups is 3. The first kappa shape index (κ1) is 24.2. The maximum atomic E-state index is 12.3. The minimum Gasteiger partial charge on any atom is -0.486 e. The highest BCUT2D eigenvalue weighted by Crippen LogP contribution is 2.31. The van der Waals surface area contributed by atoms with Gasteiger partial charge in [0, 0.05) is 18.5 Å². The lowest BCUT2D eigenvalue weighted by Gasteiger charge is -2.18. The summed E-state index contributed by atoms with van der Waals surface area (Å²) in [5, 5.41) is 7.64. The number of Topliss-reactive ketones (excluding diaryl/α,β-unsaturated/α-hetero) is 1. The van der Waals surface area contributed by atoms with E-state index in [1.54, 1.807) is 30.3 Å². The number of hydrogen-bond acceptors (Lipinski definition) is 8. The molecule has 2 aromatic rings. The van der Waals surface area contributed by atoms with Gasteiger partial charge in [0.25, 0.3) is 5.91 Å². The Labute approximate surface area is 191 Å². The number of carbonyl (C=O) groups excluding carboxylic acids is 3. The van der Waals surface area contributed by atoms with Crippen LogP contribution >= 0.6 is 0 Å². The van der Waals surface area contributed by atoms with Gasteiger partial charge in [0.15, 0.2) is 23.9 Å². The molecule has 3 N–H and O–H groups in total. The van der Waals surface area contributed by atoms with E-state index in [4.69, 9.17) is 19.3 Å². The van der Waals surface area contributed by atoms with Crippen molar-refractivity contribution < 1.29 is 37.0 Å². The number of esters is 1. The van der Waals surface area contributed by atoms with Gasteiger partial charge in [-0.25, -0.2) is 13.6 Å². The lowest BCUT2D eigenvalue weighted by Crippen LogP contribution is -2.30. The molecule has 0 aromatic heterocycles. The smallest absolute Gasteiger partial charge is 0.306 e. The molecule has 0 fully saturated rings. The minimum absolute atomic E-state index is 0.00894. The van der Waals surface area contributed by atoms with Crippen LogP contribution in [0, 0.1) is 0 Å². The number of fused-ring (bicyclic) bond motifs is 1. The summed E-state index contributed by atoms with van der Waals surface area (Å²) in [4.78, 5) is 36.0. The molecule has 0 radical (unpaired) electrons. The fourth-order valence-corrected chi connectivity index (χ4v) is 3.55. The van der Waals surface area contributed by atoms with E-state index < -0.39 is 28.5 Å². The lowest BCUT2D eigenvalue weighted by molar-refractivity contribution is -0.148. The Morgan fingerprint density at radius 1 is 0.970 bits per heavy atom. The summed E-state index contributed by atoms with van der Waals surface area (Å²) in [7, 11) is -3.75. The summed E-state index contributed by atoms with van der Waals surface area (Å²) in [6.07, 6.45) is 0.236. The van der Waals surface area contributed by atoms with E-state index in [0.717, 1.165) is 5.56 Å². The summed E-state index contributed by atoms with van der Waals surface area (Å²) >= 11 is 0. The molecular weight excluding hydrogens is 452 g/mol. The van der Waals surface area contributed by atoms with Crippen molar-refractivity contribution in [2.24, 2.45) is 5.14 Å². The molecular formula is C22H24N2O8S. The minimum atomic E-state index is -3.75. The molecule has 2 aromatic carbocycles. The Morgan fingerprint density at radius 3 is 2.36 bits per heavy atom. The zero-order valence-corrected chi connectivity index (χ0v) is 18.6. The molecule has 0 atom stereocenters. The molecule has 176 valence electrons. The summed E-state index contributed by atoms with van der Waals surface area (Å²) in [5.41, 5.74) is 1.21. The number of nitrogens with two attached hydrogens (primary N) is 1. The molecule has 1 heterocycles. The summed E-state index contributed by atoms with van der Waals surface area (Å²) in [6, 6.07) is 10.8. The van der Waals surface area contributed by atoms with Crippen LogP contribution in [-0.4, -0.2) is 52.4 Å². The molecule has 1 amide bonds. The quantitative estimate of drug-likeness (QED) is 0.380. The first-order valence-electron chi connectivity index (χ1n) is 10.2. The molecule has 0 aliphatic carbocycles. The molecule has 0 unspecified atom stereocenters. The average molecular weight is 477 g/mol. The molecule has 0 bridgehead atoms. The van der Waals surface area contributed by atoms with Gasteiger partial charge in [-0.3, -0.25) is 14.4 Å². The van der Waals surface area contributed by atoms with Crippen molar-refractivity contribution in [2.75, 3.05) is 26.4 Å². The molecule has 33 heavy (non-hydrogen) atoms. The highest BCUT2D eigenvalue weighted by atomic mass is 32.2. The van der Waals surface area contributed by atoms with Gasteiger partial charge in [0.2, 0.25) is 10.0 Å². The third-order valence-electron chi connectivity index (χ3n) is 4.77. The summed E-state index contributed by atoms with van der Waals surface area (Å²) in [5.74, 6) is -0.324. The maximum absolute atomic E-state index is 12.3. The molecule has 10 nitrogen and oxygen atoms in total. The number of sulfonamides is 1. The topological polar surface area (TPSA) is 151 Å². The van der Waals surface area contributed by atoms with Crippen LogP contribution in [0.4, 0.5) is 0 Å². The van der Waals surface area contributed by atoms with E-state index in [1.165, 1.54) is 12.1 Å². The van der Waals surface area contributed by atoms with Crippen LogP contribution in [-0.2, 0) is 30.8 Å². The van der Waals surface area contributed by atoms with Crippen LogP contribution in [0.15, 0.2) is 47.4 Å². The second-order valence-electron chi connectivity index (χ2n) is 7.23. The summed E-state index contributed by atoms with van der Waals surface area (Å²) in [6.45, 7) is 0.674. The monoisotopic (exact) mass is 476 g/mol. The second-order valence-corrected chi connectivity index (χ2v) is 8.79. The molecule has 3 rings (SSSR count). The van der Waals surface area contributed by atoms with Crippen molar-refractivity contribution in [2.45, 2.75) is 24.2 Å². The van der Waals surface area contributed by atoms with Crippen molar-refractivity contribution in [3.63, 3.8) is 0 Å². The third-order valence-corrected chi connectivity index (χ3v) is 5.70. The number of nitrogens with one attached hydrogen (secondary N) is 1. The standard InChI is InChI=1S/C22H24N2O8S/c23-33(28,29)17-4-1-15(2-5-17)9-10-24-21(26)14-32-22(27)8-6-18(25)16-3-7-19-20(13-16)31-12-11-30-19/h1-5,7,13H,6,8-12,14H2,(H,24,26)(H2,23,28,29). The van der Waals surface area contributed by atoms with E-state index in [-0.39, 0.29) is 30.1 Å². The zero-order chi connectivity index (χ0) is 23.8. The van der Waals surface area contributed by atoms with Gasteiger partial charge in [0.1, 0.15) is 13.2 Å². The largest absolute Gasteiger partial charge is 0.486 e. The molecule has 1 aliphatic heterocycles. The zero-order valence-electron chi connectivity index (χ0n) is 17.7. The number of ether oxygens (including phenoxy) is 3. The molecule has 11 heteroatoms. The number of benzene rings is 2. The third kappa shape index (κ3) is 7.29. The van der Waals surface area contributed by atoms with Crippen LogP contribution in [0.25, 0.3) is 0 Å². The van der Waals surface area contributed by atoms with E-state index in [2.05, 4.69) is 5.32 Å². The highest BCUT2D eigenvalue weighted by molar-refractivity contribution is 7.89. The predicted molar refractivity (Wildman–Crippen MR) is 116 cm³/mol. The fourth-order valence-electron chi connectivity index (χ4n) is 3.04. The Kier molecular flexibility index (Phi) is 8.01. The normalized spacial score (nSPS) is 12.6. The van der Waals surface area contributed by atoms with Gasteiger partial charge in [-0.15, -0.1) is 0 Å². The average Bonchev–Trinajstić information content (AvgIpc) is 2.80. The van der Waals surface area contributed by atoms with Crippen molar-refractivity contribution in [3.05, 3.63) is 53.6 Å². The molecule has 1 aliphatic rings. The number of amides is 1.